The van der Waals surface area contributed by atoms with Crippen molar-refractivity contribution in [1.82, 2.24) is 4.90 Å². The number of hydrogen-bond donors (Lipinski definition) is 0. The quantitative estimate of drug-likeness (QED) is 0.781. The molecule has 2 atom stereocenters. The molecule has 0 bridgehead atoms. The standard InChI is InChI=1S/C15H19NO3/c1-3-19-15(18)14-13(9-10-16(14)11(2)17)12-7-5-4-6-8-12/h4-8,13-14H,3,9-10H2,1-2H3/t13-,14-/m0/s1. The number of carbonyl (C=O) groups excluding carboxylic acids is 2. The molecule has 0 N–H and O–H groups in total. The number of ether oxygens (including phenoxy) is 1. The lowest BCUT2D eigenvalue weighted by Crippen LogP contribution is -2.42. The van der Waals surface area contributed by atoms with Gasteiger partial charge in [-0.25, -0.2) is 4.79 Å². The molecule has 19 heavy (non-hydrogen) atoms. The van der Waals surface area contributed by atoms with Crippen molar-refractivity contribution in [2.75, 3.05) is 13.2 Å². The van der Waals surface area contributed by atoms with Gasteiger partial charge >= 0.3 is 5.97 Å². The van der Waals surface area contributed by atoms with Crippen LogP contribution in [0, 0.1) is 0 Å². The first kappa shape index (κ1) is 13.6. The Bertz CT molecular complexity index is 458. The van der Waals surface area contributed by atoms with Gasteiger partial charge in [-0.05, 0) is 18.9 Å². The van der Waals surface area contributed by atoms with Crippen LogP contribution < -0.4 is 0 Å². The first-order valence-corrected chi connectivity index (χ1v) is 6.64. The maximum Gasteiger partial charge on any atom is 0.329 e. The highest BCUT2D eigenvalue weighted by atomic mass is 16.5. The van der Waals surface area contributed by atoms with Crippen molar-refractivity contribution in [1.29, 1.82) is 0 Å². The molecule has 102 valence electrons. The van der Waals surface area contributed by atoms with Gasteiger partial charge in [0.15, 0.2) is 0 Å². The third-order valence-electron chi connectivity index (χ3n) is 3.56. The Kier molecular flexibility index (Phi) is 4.20. The van der Waals surface area contributed by atoms with E-state index in [9.17, 15) is 9.59 Å². The van der Waals surface area contributed by atoms with Crippen LogP contribution in [0.5, 0.6) is 0 Å². The third kappa shape index (κ3) is 2.78. The largest absolute Gasteiger partial charge is 0.464 e. The van der Waals surface area contributed by atoms with E-state index in [1.165, 1.54) is 6.92 Å². The zero-order valence-corrected chi connectivity index (χ0v) is 11.3. The van der Waals surface area contributed by atoms with Crippen LogP contribution in [0.2, 0.25) is 0 Å². The van der Waals surface area contributed by atoms with Crippen molar-refractivity contribution in [2.24, 2.45) is 0 Å². The van der Waals surface area contributed by atoms with Gasteiger partial charge in [0.05, 0.1) is 6.61 Å². The molecule has 1 saturated heterocycles. The Labute approximate surface area is 113 Å². The van der Waals surface area contributed by atoms with Crippen LogP contribution in [-0.2, 0) is 14.3 Å². The Morgan fingerprint density at radius 2 is 2.00 bits per heavy atom. The van der Waals surface area contributed by atoms with Crippen LogP contribution in [0.4, 0.5) is 0 Å². The smallest absolute Gasteiger partial charge is 0.329 e. The molecule has 4 heteroatoms. The van der Waals surface area contributed by atoms with Gasteiger partial charge < -0.3 is 9.64 Å². The van der Waals surface area contributed by atoms with Crippen molar-refractivity contribution in [2.45, 2.75) is 32.2 Å². The van der Waals surface area contributed by atoms with Crippen molar-refractivity contribution in [3.05, 3.63) is 35.9 Å². The summed E-state index contributed by atoms with van der Waals surface area (Å²) < 4.78 is 5.13. The van der Waals surface area contributed by atoms with Crippen LogP contribution in [0.15, 0.2) is 30.3 Å². The summed E-state index contributed by atoms with van der Waals surface area (Å²) in [5.41, 5.74) is 1.09. The highest BCUT2D eigenvalue weighted by Gasteiger charge is 2.42. The summed E-state index contributed by atoms with van der Waals surface area (Å²) in [4.78, 5) is 25.4. The Hall–Kier alpha value is -1.84. The average molecular weight is 261 g/mol. The number of likely N-dealkylation sites (tertiary alicyclic amines) is 1. The van der Waals surface area contributed by atoms with E-state index in [-0.39, 0.29) is 17.8 Å². The first-order valence-electron chi connectivity index (χ1n) is 6.64. The number of nitrogens with zero attached hydrogens (tertiary/aromatic N) is 1. The Morgan fingerprint density at radius 1 is 1.32 bits per heavy atom. The van der Waals surface area contributed by atoms with Crippen molar-refractivity contribution in [3.8, 4) is 0 Å². The summed E-state index contributed by atoms with van der Waals surface area (Å²) >= 11 is 0. The normalized spacial score (nSPS) is 22.3. The molecule has 1 heterocycles. The lowest BCUT2D eigenvalue weighted by Gasteiger charge is -2.25. The van der Waals surface area contributed by atoms with Gasteiger partial charge in [0.25, 0.3) is 0 Å². The van der Waals surface area contributed by atoms with E-state index in [1.54, 1.807) is 11.8 Å². The first-order chi connectivity index (χ1) is 9.15. The second-order valence-corrected chi connectivity index (χ2v) is 4.72. The van der Waals surface area contributed by atoms with Crippen molar-refractivity contribution < 1.29 is 14.3 Å². The number of carbonyl (C=O) groups is 2. The predicted octanol–water partition coefficient (Wildman–Crippen LogP) is 1.95. The van der Waals surface area contributed by atoms with Gasteiger partial charge in [0, 0.05) is 19.4 Å². The summed E-state index contributed by atoms with van der Waals surface area (Å²) in [6, 6.07) is 9.36. The van der Waals surface area contributed by atoms with Crippen molar-refractivity contribution in [3.63, 3.8) is 0 Å². The fourth-order valence-corrected chi connectivity index (χ4v) is 2.71. The zero-order chi connectivity index (χ0) is 13.8. The Balaban J connectivity index is 2.28. The second kappa shape index (κ2) is 5.87. The minimum atomic E-state index is -0.486. The summed E-state index contributed by atoms with van der Waals surface area (Å²) in [5.74, 6) is -0.343. The molecular formula is C15H19NO3. The molecule has 1 aromatic rings. The van der Waals surface area contributed by atoms with Gasteiger partial charge in [-0.2, -0.15) is 0 Å². The predicted molar refractivity (Wildman–Crippen MR) is 71.6 cm³/mol. The lowest BCUT2D eigenvalue weighted by molar-refractivity contribution is -0.153. The van der Waals surface area contributed by atoms with E-state index in [2.05, 4.69) is 0 Å². The van der Waals surface area contributed by atoms with E-state index >= 15 is 0 Å². The number of hydrogen-bond acceptors (Lipinski definition) is 3. The van der Waals surface area contributed by atoms with Crippen LogP contribution in [0.1, 0.15) is 31.7 Å². The zero-order valence-electron chi connectivity index (χ0n) is 11.3. The van der Waals surface area contributed by atoms with Crippen LogP contribution in [0.25, 0.3) is 0 Å². The molecule has 0 aromatic heterocycles. The lowest BCUT2D eigenvalue weighted by atomic mass is 9.92. The minimum absolute atomic E-state index is 0.0316. The highest BCUT2D eigenvalue weighted by molar-refractivity contribution is 5.85. The fraction of sp³-hybridized carbons (Fsp3) is 0.467. The number of benzene rings is 1. The van der Waals surface area contributed by atoms with Crippen molar-refractivity contribution >= 4 is 11.9 Å². The van der Waals surface area contributed by atoms with Gasteiger partial charge in [0.1, 0.15) is 6.04 Å². The molecule has 0 unspecified atom stereocenters. The van der Waals surface area contributed by atoms with Crippen LogP contribution >= 0.6 is 0 Å². The van der Waals surface area contributed by atoms with Gasteiger partial charge in [0.2, 0.25) is 5.91 Å². The molecule has 4 nitrogen and oxygen atoms in total. The topological polar surface area (TPSA) is 46.6 Å². The monoisotopic (exact) mass is 261 g/mol. The van der Waals surface area contributed by atoms with Gasteiger partial charge in [-0.3, -0.25) is 4.79 Å². The van der Waals surface area contributed by atoms with E-state index in [1.807, 2.05) is 30.3 Å². The van der Waals surface area contributed by atoms with E-state index < -0.39 is 6.04 Å². The maximum atomic E-state index is 12.1. The third-order valence-corrected chi connectivity index (χ3v) is 3.56. The van der Waals surface area contributed by atoms with Crippen LogP contribution in [-0.4, -0.2) is 36.0 Å². The average Bonchev–Trinajstić information content (AvgIpc) is 2.85. The Morgan fingerprint density at radius 3 is 2.58 bits per heavy atom. The van der Waals surface area contributed by atoms with E-state index in [4.69, 9.17) is 4.74 Å². The molecule has 1 amide bonds. The summed E-state index contributed by atoms with van der Waals surface area (Å²) in [5, 5.41) is 0. The SMILES string of the molecule is CCOC(=O)[C@@H]1[C@H](c2ccccc2)CCN1C(C)=O. The second-order valence-electron chi connectivity index (χ2n) is 4.72. The molecular weight excluding hydrogens is 242 g/mol. The fourth-order valence-electron chi connectivity index (χ4n) is 2.71. The highest BCUT2D eigenvalue weighted by Crippen LogP contribution is 2.34. The maximum absolute atomic E-state index is 12.1. The minimum Gasteiger partial charge on any atom is -0.464 e. The molecule has 0 spiro atoms. The summed E-state index contributed by atoms with van der Waals surface area (Å²) in [6.07, 6.45) is 0.799. The van der Waals surface area contributed by atoms with E-state index in [0.29, 0.717) is 13.2 Å². The van der Waals surface area contributed by atoms with Gasteiger partial charge in [-0.15, -0.1) is 0 Å². The molecule has 0 saturated carbocycles. The number of esters is 1. The molecule has 1 fully saturated rings. The molecule has 1 aliphatic heterocycles. The molecule has 0 radical (unpaired) electrons. The van der Waals surface area contributed by atoms with E-state index in [0.717, 1.165) is 12.0 Å². The number of amides is 1. The molecule has 0 aliphatic carbocycles. The molecule has 1 aromatic carbocycles. The molecule has 1 aliphatic rings. The summed E-state index contributed by atoms with van der Waals surface area (Å²) in [6.45, 7) is 4.23. The van der Waals surface area contributed by atoms with Crippen LogP contribution in [0.3, 0.4) is 0 Å². The molecule has 2 rings (SSSR count). The number of rotatable bonds is 3. The summed E-state index contributed by atoms with van der Waals surface area (Å²) in [7, 11) is 0. The van der Waals surface area contributed by atoms with Gasteiger partial charge in [-0.1, -0.05) is 30.3 Å².